The molecule has 0 saturated carbocycles. The van der Waals surface area contributed by atoms with Crippen molar-refractivity contribution in [1.29, 1.82) is 0 Å². The van der Waals surface area contributed by atoms with Crippen molar-refractivity contribution in [3.05, 3.63) is 53.7 Å². The van der Waals surface area contributed by atoms with E-state index in [-0.39, 0.29) is 24.0 Å². The fraction of sp³-hybridized carbons (Fsp3) is 0.333. The highest BCUT2D eigenvalue weighted by atomic mass is 19.1. The predicted octanol–water partition coefficient (Wildman–Crippen LogP) is 2.93. The van der Waals surface area contributed by atoms with Gasteiger partial charge in [-0.15, -0.1) is 0 Å². The number of methoxy groups -OCH3 is 1. The van der Waals surface area contributed by atoms with E-state index in [0.717, 1.165) is 0 Å². The molecule has 25 heavy (non-hydrogen) atoms. The van der Waals surface area contributed by atoms with E-state index < -0.39 is 23.7 Å². The maximum Gasteiger partial charge on any atom is 0.329 e. The van der Waals surface area contributed by atoms with E-state index in [1.54, 1.807) is 26.0 Å². The van der Waals surface area contributed by atoms with Gasteiger partial charge >= 0.3 is 5.97 Å². The first-order valence-corrected chi connectivity index (χ1v) is 7.75. The molecule has 6 nitrogen and oxygen atoms in total. The smallest absolute Gasteiger partial charge is 0.329 e. The van der Waals surface area contributed by atoms with Crippen LogP contribution in [0, 0.1) is 11.7 Å². The Morgan fingerprint density at radius 3 is 2.60 bits per heavy atom. The van der Waals surface area contributed by atoms with Crippen molar-refractivity contribution in [1.82, 2.24) is 5.32 Å². The van der Waals surface area contributed by atoms with Crippen molar-refractivity contribution >= 4 is 11.9 Å². The topological polar surface area (TPSA) is 77.8 Å². The number of halogens is 1. The summed E-state index contributed by atoms with van der Waals surface area (Å²) in [4.78, 5) is 24.3. The molecule has 1 heterocycles. The summed E-state index contributed by atoms with van der Waals surface area (Å²) in [6.45, 7) is 3.45. The van der Waals surface area contributed by atoms with Gasteiger partial charge in [0.25, 0.3) is 5.91 Å². The number of hydrogen-bond donors (Lipinski definition) is 1. The molecule has 0 bridgehead atoms. The van der Waals surface area contributed by atoms with Crippen molar-refractivity contribution < 1.29 is 27.9 Å². The monoisotopic (exact) mass is 349 g/mol. The first kappa shape index (κ1) is 18.5. The second-order valence-corrected chi connectivity index (χ2v) is 5.75. The lowest BCUT2D eigenvalue weighted by atomic mass is 10.0. The Morgan fingerprint density at radius 2 is 2.04 bits per heavy atom. The molecule has 1 atom stereocenters. The highest BCUT2D eigenvalue weighted by Gasteiger charge is 2.27. The molecule has 1 amide bonds. The van der Waals surface area contributed by atoms with Gasteiger partial charge in [0.15, 0.2) is 17.3 Å². The lowest BCUT2D eigenvalue weighted by Crippen LogP contribution is -2.45. The van der Waals surface area contributed by atoms with E-state index in [1.165, 1.54) is 31.6 Å². The third-order valence-corrected chi connectivity index (χ3v) is 3.55. The molecule has 0 unspecified atom stereocenters. The molecule has 0 aliphatic rings. The van der Waals surface area contributed by atoms with Crippen molar-refractivity contribution in [3.63, 3.8) is 0 Å². The van der Waals surface area contributed by atoms with Crippen LogP contribution >= 0.6 is 0 Å². The Balaban J connectivity index is 1.98. The quantitative estimate of drug-likeness (QED) is 0.778. The molecule has 134 valence electrons. The zero-order valence-electron chi connectivity index (χ0n) is 14.2. The number of furan rings is 1. The van der Waals surface area contributed by atoms with Gasteiger partial charge in [-0.1, -0.05) is 19.9 Å². The van der Waals surface area contributed by atoms with Gasteiger partial charge in [-0.05, 0) is 35.7 Å². The van der Waals surface area contributed by atoms with Gasteiger partial charge in [0.1, 0.15) is 12.6 Å². The maximum absolute atomic E-state index is 13.7. The van der Waals surface area contributed by atoms with E-state index >= 15 is 0 Å². The van der Waals surface area contributed by atoms with Crippen LogP contribution in [-0.4, -0.2) is 25.0 Å². The third-order valence-electron chi connectivity index (χ3n) is 3.55. The Kier molecular flexibility index (Phi) is 6.16. The molecule has 0 fully saturated rings. The number of esters is 1. The Bertz CT molecular complexity index is 727. The lowest BCUT2D eigenvalue weighted by Gasteiger charge is -2.20. The van der Waals surface area contributed by atoms with Crippen LogP contribution in [0.2, 0.25) is 0 Å². The predicted molar refractivity (Wildman–Crippen MR) is 87.5 cm³/mol. The first-order chi connectivity index (χ1) is 11.9. The number of nitrogens with one attached hydrogen (secondary N) is 1. The molecular weight excluding hydrogens is 329 g/mol. The molecular formula is C18H20FNO5. The third kappa shape index (κ3) is 4.82. The number of benzene rings is 1. The molecule has 2 rings (SSSR count). The SMILES string of the molecule is COc1ccc(COC(=O)[C@@H](NC(=O)c2ccco2)C(C)C)cc1F. The van der Waals surface area contributed by atoms with Crippen LogP contribution in [0.25, 0.3) is 0 Å². The van der Waals surface area contributed by atoms with Crippen LogP contribution in [0.1, 0.15) is 30.0 Å². The van der Waals surface area contributed by atoms with Gasteiger partial charge in [-0.25, -0.2) is 9.18 Å². The van der Waals surface area contributed by atoms with E-state index in [0.29, 0.717) is 5.56 Å². The highest BCUT2D eigenvalue weighted by Crippen LogP contribution is 2.18. The zero-order valence-corrected chi connectivity index (χ0v) is 14.2. The van der Waals surface area contributed by atoms with Gasteiger partial charge in [-0.3, -0.25) is 4.79 Å². The standard InChI is InChI=1S/C18H20FNO5/c1-11(2)16(20-17(21)15-5-4-8-24-15)18(22)25-10-12-6-7-14(23-3)13(19)9-12/h4-9,11,16H,10H2,1-3H3,(H,20,21)/t16-/m0/s1. The Hall–Kier alpha value is -2.83. The Labute approximate surface area is 144 Å². The molecule has 1 N–H and O–H groups in total. The van der Waals surface area contributed by atoms with E-state index in [4.69, 9.17) is 13.9 Å². The number of carbonyl (C=O) groups excluding carboxylic acids is 2. The van der Waals surface area contributed by atoms with E-state index in [2.05, 4.69) is 5.32 Å². The van der Waals surface area contributed by atoms with Crippen LogP contribution in [0.4, 0.5) is 4.39 Å². The van der Waals surface area contributed by atoms with Gasteiger partial charge in [0, 0.05) is 0 Å². The van der Waals surface area contributed by atoms with Gasteiger partial charge in [0.2, 0.25) is 0 Å². The summed E-state index contributed by atoms with van der Waals surface area (Å²) < 4.78 is 28.7. The second-order valence-electron chi connectivity index (χ2n) is 5.75. The van der Waals surface area contributed by atoms with Crippen LogP contribution in [-0.2, 0) is 16.1 Å². The molecule has 0 spiro atoms. The largest absolute Gasteiger partial charge is 0.494 e. The summed E-state index contributed by atoms with van der Waals surface area (Å²) >= 11 is 0. The Morgan fingerprint density at radius 1 is 1.28 bits per heavy atom. The zero-order chi connectivity index (χ0) is 18.4. The van der Waals surface area contributed by atoms with Gasteiger partial charge in [-0.2, -0.15) is 0 Å². The summed E-state index contributed by atoms with van der Waals surface area (Å²) in [5.41, 5.74) is 0.478. The number of hydrogen-bond acceptors (Lipinski definition) is 5. The molecule has 0 radical (unpaired) electrons. The number of ether oxygens (including phenoxy) is 2. The molecule has 0 saturated heterocycles. The minimum absolute atomic E-state index is 0.107. The normalized spacial score (nSPS) is 11.9. The summed E-state index contributed by atoms with van der Waals surface area (Å²) in [5.74, 6) is -1.62. The summed E-state index contributed by atoms with van der Waals surface area (Å²) in [6.07, 6.45) is 1.37. The molecule has 1 aromatic carbocycles. The number of carbonyl (C=O) groups is 2. The maximum atomic E-state index is 13.7. The number of amides is 1. The van der Waals surface area contributed by atoms with E-state index in [9.17, 15) is 14.0 Å². The van der Waals surface area contributed by atoms with Gasteiger partial charge in [0.05, 0.1) is 13.4 Å². The minimum atomic E-state index is -0.847. The second kappa shape index (κ2) is 8.32. The van der Waals surface area contributed by atoms with Crippen molar-refractivity contribution in [2.45, 2.75) is 26.5 Å². The fourth-order valence-electron chi connectivity index (χ4n) is 2.16. The fourth-order valence-corrected chi connectivity index (χ4v) is 2.16. The van der Waals surface area contributed by atoms with Gasteiger partial charge < -0.3 is 19.2 Å². The lowest BCUT2D eigenvalue weighted by molar-refractivity contribution is -0.148. The van der Waals surface area contributed by atoms with Crippen molar-refractivity contribution in [3.8, 4) is 5.75 Å². The molecule has 2 aromatic rings. The highest BCUT2D eigenvalue weighted by molar-refractivity contribution is 5.94. The minimum Gasteiger partial charge on any atom is -0.494 e. The van der Waals surface area contributed by atoms with Crippen molar-refractivity contribution in [2.24, 2.45) is 5.92 Å². The summed E-state index contributed by atoms with van der Waals surface area (Å²) in [5, 5.41) is 2.58. The van der Waals surface area contributed by atoms with E-state index in [1.807, 2.05) is 0 Å². The molecule has 7 heteroatoms. The number of rotatable bonds is 7. The van der Waals surface area contributed by atoms with Crippen LogP contribution in [0.5, 0.6) is 5.75 Å². The van der Waals surface area contributed by atoms with Crippen LogP contribution < -0.4 is 10.1 Å². The molecule has 1 aromatic heterocycles. The summed E-state index contributed by atoms with van der Waals surface area (Å²) in [7, 11) is 1.37. The van der Waals surface area contributed by atoms with Crippen LogP contribution in [0.3, 0.4) is 0 Å². The van der Waals surface area contributed by atoms with Crippen molar-refractivity contribution in [2.75, 3.05) is 7.11 Å². The molecule has 0 aliphatic carbocycles. The average Bonchev–Trinajstić information content (AvgIpc) is 3.12. The first-order valence-electron chi connectivity index (χ1n) is 7.75. The average molecular weight is 349 g/mol. The summed E-state index contributed by atoms with van der Waals surface area (Å²) in [6, 6.07) is 6.52. The molecule has 0 aliphatic heterocycles. The van der Waals surface area contributed by atoms with Crippen LogP contribution in [0.15, 0.2) is 41.0 Å².